The summed E-state index contributed by atoms with van der Waals surface area (Å²) >= 11 is 0. The number of piperidine rings is 1. The summed E-state index contributed by atoms with van der Waals surface area (Å²) < 4.78 is 56.2. The van der Waals surface area contributed by atoms with Crippen molar-refractivity contribution < 1.29 is 26.8 Å². The number of piperazine rings is 1. The largest absolute Gasteiger partial charge is 0.369 e. The lowest BCUT2D eigenvalue weighted by Crippen LogP contribution is -2.45. The fraction of sp³-hybridized carbons (Fsp3) is 0.469. The van der Waals surface area contributed by atoms with Crippen molar-refractivity contribution in [1.82, 2.24) is 24.7 Å². The third-order valence-electron chi connectivity index (χ3n) is 9.24. The molecular formula is C32H40F2N8O4S. The van der Waals surface area contributed by atoms with Crippen molar-refractivity contribution in [1.29, 1.82) is 0 Å². The Labute approximate surface area is 272 Å². The topological polar surface area (TPSA) is 143 Å². The van der Waals surface area contributed by atoms with Crippen molar-refractivity contribution in [2.24, 2.45) is 5.92 Å². The van der Waals surface area contributed by atoms with Crippen molar-refractivity contribution in [3.8, 4) is 0 Å². The molecule has 1 aromatic heterocycles. The van der Waals surface area contributed by atoms with Crippen molar-refractivity contribution >= 4 is 39.0 Å². The van der Waals surface area contributed by atoms with E-state index in [1.165, 1.54) is 0 Å². The summed E-state index contributed by atoms with van der Waals surface area (Å²) in [4.78, 5) is 31.2. The number of nitrogens with zero attached hydrogens (tertiary/aromatic N) is 4. The minimum atomic E-state index is -4.31. The number of amides is 2. The predicted octanol–water partition coefficient (Wildman–Crippen LogP) is 3.11. The Morgan fingerprint density at radius 1 is 0.979 bits per heavy atom. The maximum atomic E-state index is 14.0. The van der Waals surface area contributed by atoms with Crippen LogP contribution in [-0.2, 0) is 26.8 Å². The molecule has 2 saturated heterocycles. The number of carbonyl (C=O) groups is 2. The van der Waals surface area contributed by atoms with Gasteiger partial charge in [-0.2, -0.15) is 9.40 Å². The highest BCUT2D eigenvalue weighted by atomic mass is 32.2. The number of rotatable bonds is 7. The van der Waals surface area contributed by atoms with Gasteiger partial charge in [0.05, 0.1) is 16.1 Å². The number of likely N-dealkylation sites (N-methyl/N-ethyl adjacent to an activating group) is 1. The van der Waals surface area contributed by atoms with Gasteiger partial charge in [0.1, 0.15) is 11.6 Å². The van der Waals surface area contributed by atoms with E-state index >= 15 is 0 Å². The molecule has 0 bridgehead atoms. The summed E-state index contributed by atoms with van der Waals surface area (Å²) in [7, 11) is -2.24. The zero-order valence-electron chi connectivity index (χ0n) is 26.7. The van der Waals surface area contributed by atoms with E-state index in [0.29, 0.717) is 35.9 Å². The summed E-state index contributed by atoms with van der Waals surface area (Å²) in [6, 6.07) is 7.54. The molecule has 6 rings (SSSR count). The Hall–Kier alpha value is -3.92. The molecule has 0 radical (unpaired) electrons. The number of carbonyl (C=O) groups excluding carboxylic acids is 2. The van der Waals surface area contributed by atoms with Crippen LogP contribution in [0, 0.1) is 17.6 Å². The molecule has 15 heteroatoms. The Balaban J connectivity index is 1.29. The number of nitrogens with one attached hydrogen (secondary N) is 4. The van der Waals surface area contributed by atoms with Crippen LogP contribution in [0.2, 0.25) is 0 Å². The minimum absolute atomic E-state index is 0.0106. The first-order valence-corrected chi connectivity index (χ1v) is 17.2. The van der Waals surface area contributed by atoms with Crippen LogP contribution in [0.1, 0.15) is 48.3 Å². The summed E-state index contributed by atoms with van der Waals surface area (Å²) in [5, 5.41) is 16.4. The zero-order valence-corrected chi connectivity index (χ0v) is 27.5. The quantitative estimate of drug-likeness (QED) is 0.301. The molecule has 0 atom stereocenters. The van der Waals surface area contributed by atoms with E-state index in [2.05, 4.69) is 43.0 Å². The first-order valence-electron chi connectivity index (χ1n) is 15.8. The van der Waals surface area contributed by atoms with E-state index < -0.39 is 37.9 Å². The first kappa shape index (κ1) is 33.0. The minimum Gasteiger partial charge on any atom is -0.369 e. The van der Waals surface area contributed by atoms with Gasteiger partial charge in [0.25, 0.3) is 5.91 Å². The summed E-state index contributed by atoms with van der Waals surface area (Å²) in [5.41, 5.74) is 1.80. The standard InChI is InChI=1S/C32H40F2N8O4S/c1-32(2)19-42(47(45,46)24-15-21(33)14-22(34)16-24)18-26-28(32)38-39-29(26)37-31(44)25-5-4-23(41-12-10-40(3)11-13-41)17-27(25)36-30(43)20-6-8-35-9-7-20/h4-5,14-17,20,35H,6-13,18-19H2,1-3H3,(H,36,43)(H2,37,38,39,44). The number of halogens is 2. The van der Waals surface area contributed by atoms with E-state index in [-0.39, 0.29) is 36.3 Å². The van der Waals surface area contributed by atoms with Crippen molar-refractivity contribution in [3.63, 3.8) is 0 Å². The van der Waals surface area contributed by atoms with E-state index in [1.807, 2.05) is 26.0 Å². The molecule has 4 heterocycles. The number of sulfonamides is 1. The maximum Gasteiger partial charge on any atom is 0.258 e. The van der Waals surface area contributed by atoms with Crippen LogP contribution in [-0.4, -0.2) is 92.5 Å². The number of hydrogen-bond donors (Lipinski definition) is 4. The average Bonchev–Trinajstić information content (AvgIpc) is 3.44. The molecule has 0 saturated carbocycles. The summed E-state index contributed by atoms with van der Waals surface area (Å²) in [6.07, 6.45) is 1.39. The second-order valence-corrected chi connectivity index (χ2v) is 15.1. The molecule has 2 amide bonds. The fourth-order valence-corrected chi connectivity index (χ4v) is 8.13. The highest BCUT2D eigenvalue weighted by molar-refractivity contribution is 7.89. The second kappa shape index (κ2) is 12.9. The molecule has 4 N–H and O–H groups in total. The lowest BCUT2D eigenvalue weighted by Gasteiger charge is -2.36. The van der Waals surface area contributed by atoms with E-state index in [0.717, 1.165) is 61.4 Å². The van der Waals surface area contributed by atoms with Crippen LogP contribution in [0.3, 0.4) is 0 Å². The van der Waals surface area contributed by atoms with Gasteiger partial charge in [-0.15, -0.1) is 0 Å². The average molecular weight is 671 g/mol. The van der Waals surface area contributed by atoms with E-state index in [1.54, 1.807) is 6.07 Å². The van der Waals surface area contributed by atoms with Gasteiger partial charge in [-0.1, -0.05) is 13.8 Å². The van der Waals surface area contributed by atoms with Crippen molar-refractivity contribution in [2.75, 3.05) is 68.4 Å². The van der Waals surface area contributed by atoms with Gasteiger partial charge in [-0.05, 0) is 63.3 Å². The van der Waals surface area contributed by atoms with Gasteiger partial charge in [0.15, 0.2) is 5.82 Å². The molecule has 2 fully saturated rings. The van der Waals surface area contributed by atoms with Gasteiger partial charge in [0, 0.05) is 73.6 Å². The van der Waals surface area contributed by atoms with Crippen LogP contribution in [0.15, 0.2) is 41.3 Å². The number of benzene rings is 2. The number of fused-ring (bicyclic) bond motifs is 1. The number of hydrogen-bond acceptors (Lipinski definition) is 8. The molecule has 3 aliphatic heterocycles. The van der Waals surface area contributed by atoms with Crippen LogP contribution in [0.4, 0.5) is 26.0 Å². The smallest absolute Gasteiger partial charge is 0.258 e. The fourth-order valence-electron chi connectivity index (χ4n) is 6.52. The van der Waals surface area contributed by atoms with Crippen LogP contribution in [0.5, 0.6) is 0 Å². The lowest BCUT2D eigenvalue weighted by atomic mass is 9.84. The predicted molar refractivity (Wildman–Crippen MR) is 174 cm³/mol. The Morgan fingerprint density at radius 2 is 1.66 bits per heavy atom. The van der Waals surface area contributed by atoms with Gasteiger partial charge < -0.3 is 25.8 Å². The monoisotopic (exact) mass is 670 g/mol. The van der Waals surface area contributed by atoms with Gasteiger partial charge in [-0.3, -0.25) is 14.7 Å². The normalized spacial score (nSPS) is 19.3. The zero-order chi connectivity index (χ0) is 33.5. The Morgan fingerprint density at radius 3 is 2.34 bits per heavy atom. The first-order chi connectivity index (χ1) is 22.3. The molecular weight excluding hydrogens is 630 g/mol. The highest BCUT2D eigenvalue weighted by Crippen LogP contribution is 2.38. The van der Waals surface area contributed by atoms with E-state index in [9.17, 15) is 26.8 Å². The molecule has 252 valence electrons. The number of aromatic nitrogens is 2. The molecule has 0 aliphatic carbocycles. The van der Waals surface area contributed by atoms with Crippen molar-refractivity contribution in [2.45, 2.75) is 43.5 Å². The number of aromatic amines is 1. The van der Waals surface area contributed by atoms with Gasteiger partial charge >= 0.3 is 0 Å². The lowest BCUT2D eigenvalue weighted by molar-refractivity contribution is -0.120. The third-order valence-corrected chi connectivity index (χ3v) is 11.0. The van der Waals surface area contributed by atoms with E-state index in [4.69, 9.17) is 0 Å². The number of H-pyrrole nitrogens is 1. The molecule has 47 heavy (non-hydrogen) atoms. The van der Waals surface area contributed by atoms with Gasteiger partial charge in [0.2, 0.25) is 15.9 Å². The second-order valence-electron chi connectivity index (χ2n) is 13.2. The molecule has 2 aromatic carbocycles. The Kier molecular flexibility index (Phi) is 9.09. The van der Waals surface area contributed by atoms with Crippen LogP contribution in [0.25, 0.3) is 0 Å². The highest BCUT2D eigenvalue weighted by Gasteiger charge is 2.41. The van der Waals surface area contributed by atoms with Crippen LogP contribution >= 0.6 is 0 Å². The molecule has 3 aromatic rings. The maximum absolute atomic E-state index is 14.0. The summed E-state index contributed by atoms with van der Waals surface area (Å²) in [5.74, 6) is -2.74. The SMILES string of the molecule is CN1CCN(c2ccc(C(=O)Nc3n[nH]c4c3CN(S(=O)(=O)c3cc(F)cc(F)c3)CC4(C)C)c(NC(=O)C3CCNCC3)c2)CC1. The van der Waals surface area contributed by atoms with Crippen molar-refractivity contribution in [3.05, 3.63) is 64.9 Å². The third kappa shape index (κ3) is 6.89. The number of anilines is 3. The molecule has 0 unspecified atom stereocenters. The molecule has 3 aliphatic rings. The Bertz CT molecular complexity index is 1760. The van der Waals surface area contributed by atoms with Crippen LogP contribution < -0.4 is 20.9 Å². The summed E-state index contributed by atoms with van der Waals surface area (Å²) in [6.45, 7) is 8.33. The molecule has 12 nitrogen and oxygen atoms in total. The van der Waals surface area contributed by atoms with Gasteiger partial charge in [-0.25, -0.2) is 17.2 Å². The molecule has 0 spiro atoms.